The number of ether oxygens (including phenoxy) is 1. The van der Waals surface area contributed by atoms with Crippen LogP contribution in [-0.4, -0.2) is 74.8 Å². The molecule has 1 amide bonds. The summed E-state index contributed by atoms with van der Waals surface area (Å²) in [6.07, 6.45) is 3.65. The predicted molar refractivity (Wildman–Crippen MR) is 99.2 cm³/mol. The van der Waals surface area contributed by atoms with Gasteiger partial charge in [-0.1, -0.05) is 6.07 Å². The van der Waals surface area contributed by atoms with E-state index in [4.69, 9.17) is 4.74 Å². The monoisotopic (exact) mass is 370 g/mol. The molecule has 0 aromatic carbocycles. The minimum Gasteiger partial charge on any atom is -0.379 e. The van der Waals surface area contributed by atoms with E-state index in [1.165, 1.54) is 0 Å². The smallest absolute Gasteiger partial charge is 0.272 e. The van der Waals surface area contributed by atoms with E-state index >= 15 is 0 Å². The molecule has 0 radical (unpaired) electrons. The Bertz CT molecular complexity index is 772. The summed E-state index contributed by atoms with van der Waals surface area (Å²) < 4.78 is 7.52. The normalized spacial score (nSPS) is 21.4. The van der Waals surface area contributed by atoms with Crippen molar-refractivity contribution >= 4 is 5.91 Å². The third kappa shape index (κ3) is 4.01. The van der Waals surface area contributed by atoms with Crippen molar-refractivity contribution in [3.8, 4) is 0 Å². The molecule has 2 saturated heterocycles. The Kier molecular flexibility index (Phi) is 5.45. The number of nitrogens with zero attached hydrogens (tertiary/aromatic N) is 6. The maximum Gasteiger partial charge on any atom is 0.272 e. The number of carbonyl (C=O) groups excluding carboxylic acids is 1. The van der Waals surface area contributed by atoms with Crippen LogP contribution in [0.25, 0.3) is 0 Å². The molecule has 4 rings (SSSR count). The van der Waals surface area contributed by atoms with Crippen molar-refractivity contribution in [3.63, 3.8) is 0 Å². The van der Waals surface area contributed by atoms with Gasteiger partial charge in [0.1, 0.15) is 17.3 Å². The molecule has 0 bridgehead atoms. The summed E-state index contributed by atoms with van der Waals surface area (Å²) in [5.74, 6) is 2.15. The van der Waals surface area contributed by atoms with E-state index in [-0.39, 0.29) is 11.8 Å². The van der Waals surface area contributed by atoms with Gasteiger partial charge in [0.05, 0.1) is 19.8 Å². The second-order valence-corrected chi connectivity index (χ2v) is 7.23. The van der Waals surface area contributed by atoms with E-state index in [0.717, 1.165) is 63.9 Å². The van der Waals surface area contributed by atoms with Crippen molar-refractivity contribution in [2.24, 2.45) is 7.05 Å². The minimum atomic E-state index is -0.00370. The first-order valence-corrected chi connectivity index (χ1v) is 9.61. The highest BCUT2D eigenvalue weighted by Crippen LogP contribution is 2.26. The fraction of sp³-hybridized carbons (Fsp3) is 0.579. The van der Waals surface area contributed by atoms with E-state index in [2.05, 4.69) is 24.6 Å². The van der Waals surface area contributed by atoms with Crippen LogP contribution in [0.15, 0.2) is 24.4 Å². The van der Waals surface area contributed by atoms with Crippen molar-refractivity contribution in [1.82, 2.24) is 29.5 Å². The molecule has 144 valence electrons. The molecule has 0 aliphatic carbocycles. The van der Waals surface area contributed by atoms with Crippen LogP contribution < -0.4 is 0 Å². The lowest BCUT2D eigenvalue weighted by Crippen LogP contribution is -2.40. The summed E-state index contributed by atoms with van der Waals surface area (Å²) in [5, 5.41) is 8.90. The Morgan fingerprint density at radius 3 is 2.85 bits per heavy atom. The molecule has 1 unspecified atom stereocenters. The van der Waals surface area contributed by atoms with Crippen LogP contribution in [0.4, 0.5) is 0 Å². The molecule has 0 N–H and O–H groups in total. The molecule has 2 aromatic heterocycles. The zero-order chi connectivity index (χ0) is 18.6. The summed E-state index contributed by atoms with van der Waals surface area (Å²) in [6.45, 7) is 5.63. The van der Waals surface area contributed by atoms with Crippen molar-refractivity contribution in [1.29, 1.82) is 0 Å². The fourth-order valence-corrected chi connectivity index (χ4v) is 3.85. The lowest BCUT2D eigenvalue weighted by atomic mass is 9.97. The number of likely N-dealkylation sites (tertiary alicyclic amines) is 1. The Morgan fingerprint density at radius 1 is 1.22 bits per heavy atom. The van der Waals surface area contributed by atoms with Gasteiger partial charge in [-0.25, -0.2) is 0 Å². The molecule has 0 saturated carbocycles. The topological polar surface area (TPSA) is 76.4 Å². The van der Waals surface area contributed by atoms with Crippen molar-refractivity contribution in [2.75, 3.05) is 39.4 Å². The second-order valence-electron chi connectivity index (χ2n) is 7.23. The first-order valence-electron chi connectivity index (χ1n) is 9.61. The molecule has 8 heteroatoms. The molecule has 2 aromatic rings. The van der Waals surface area contributed by atoms with E-state index < -0.39 is 0 Å². The summed E-state index contributed by atoms with van der Waals surface area (Å²) in [6, 6.07) is 5.45. The Hall–Kier alpha value is -2.32. The lowest BCUT2D eigenvalue weighted by molar-refractivity contribution is 0.0326. The summed E-state index contributed by atoms with van der Waals surface area (Å²) in [5.41, 5.74) is 0.504. The average molecular weight is 370 g/mol. The van der Waals surface area contributed by atoms with Crippen LogP contribution in [0, 0.1) is 0 Å². The number of hydrogen-bond acceptors (Lipinski definition) is 6. The molecule has 8 nitrogen and oxygen atoms in total. The van der Waals surface area contributed by atoms with Crippen molar-refractivity contribution in [2.45, 2.75) is 25.3 Å². The number of carbonyl (C=O) groups is 1. The maximum absolute atomic E-state index is 12.7. The fourth-order valence-electron chi connectivity index (χ4n) is 3.85. The quantitative estimate of drug-likeness (QED) is 0.801. The van der Waals surface area contributed by atoms with Crippen molar-refractivity contribution in [3.05, 3.63) is 41.7 Å². The van der Waals surface area contributed by atoms with Crippen LogP contribution >= 0.6 is 0 Å². The molecule has 2 fully saturated rings. The van der Waals surface area contributed by atoms with Gasteiger partial charge in [0.25, 0.3) is 5.91 Å². The van der Waals surface area contributed by atoms with Gasteiger partial charge in [0.15, 0.2) is 0 Å². The molecule has 1 atom stereocenters. The van der Waals surface area contributed by atoms with Gasteiger partial charge in [-0.05, 0) is 25.0 Å². The first kappa shape index (κ1) is 18.1. The van der Waals surface area contributed by atoms with E-state index in [0.29, 0.717) is 12.2 Å². The van der Waals surface area contributed by atoms with Crippen LogP contribution in [-0.2, 0) is 18.3 Å². The van der Waals surface area contributed by atoms with Gasteiger partial charge in [-0.15, -0.1) is 10.2 Å². The second kappa shape index (κ2) is 8.14. The molecular weight excluding hydrogens is 344 g/mol. The van der Waals surface area contributed by atoms with Crippen molar-refractivity contribution < 1.29 is 9.53 Å². The summed E-state index contributed by atoms with van der Waals surface area (Å²) in [7, 11) is 2.03. The summed E-state index contributed by atoms with van der Waals surface area (Å²) in [4.78, 5) is 21.2. The molecule has 27 heavy (non-hydrogen) atoms. The van der Waals surface area contributed by atoms with Gasteiger partial charge >= 0.3 is 0 Å². The van der Waals surface area contributed by atoms with E-state index in [9.17, 15) is 4.79 Å². The first-order chi connectivity index (χ1) is 13.2. The number of piperidine rings is 1. The number of amides is 1. The number of hydrogen-bond donors (Lipinski definition) is 0. The highest BCUT2D eigenvalue weighted by molar-refractivity contribution is 5.92. The molecule has 2 aliphatic heterocycles. The van der Waals surface area contributed by atoms with Crippen LogP contribution in [0.5, 0.6) is 0 Å². The van der Waals surface area contributed by atoms with Crippen LogP contribution in [0.3, 0.4) is 0 Å². The number of rotatable bonds is 4. The number of pyridine rings is 1. The van der Waals surface area contributed by atoms with Gasteiger partial charge in [-0.2, -0.15) is 0 Å². The molecule has 4 heterocycles. The average Bonchev–Trinajstić information content (AvgIpc) is 3.09. The highest BCUT2D eigenvalue weighted by Gasteiger charge is 2.29. The standard InChI is InChI=1S/C19H26N6O2/c1-23-17(14-24-9-11-27-12-10-24)21-22-18(23)15-5-4-8-25(13-15)19(26)16-6-2-3-7-20-16/h2-3,6-7,15H,4-5,8-14H2,1H3. The van der Waals surface area contributed by atoms with E-state index in [1.807, 2.05) is 24.1 Å². The largest absolute Gasteiger partial charge is 0.379 e. The molecular formula is C19H26N6O2. The SMILES string of the molecule is Cn1c(CN2CCOCC2)nnc1C1CCCN(C(=O)c2ccccn2)C1. The maximum atomic E-state index is 12.7. The van der Waals surface area contributed by atoms with Crippen LogP contribution in [0.1, 0.15) is 40.9 Å². The molecule has 2 aliphatic rings. The Morgan fingerprint density at radius 2 is 2.07 bits per heavy atom. The van der Waals surface area contributed by atoms with Gasteiger partial charge in [-0.3, -0.25) is 14.7 Å². The predicted octanol–water partition coefficient (Wildman–Crippen LogP) is 1.06. The zero-order valence-corrected chi connectivity index (χ0v) is 15.8. The summed E-state index contributed by atoms with van der Waals surface area (Å²) >= 11 is 0. The third-order valence-corrected chi connectivity index (χ3v) is 5.43. The number of aromatic nitrogens is 4. The van der Waals surface area contributed by atoms with E-state index in [1.54, 1.807) is 12.3 Å². The highest BCUT2D eigenvalue weighted by atomic mass is 16.5. The zero-order valence-electron chi connectivity index (χ0n) is 15.8. The van der Waals surface area contributed by atoms with Gasteiger partial charge in [0.2, 0.25) is 0 Å². The Balaban J connectivity index is 1.44. The molecule has 0 spiro atoms. The number of morpholine rings is 1. The lowest BCUT2D eigenvalue weighted by Gasteiger charge is -2.32. The minimum absolute atomic E-state index is 0.00370. The Labute approximate surface area is 159 Å². The van der Waals surface area contributed by atoms with Crippen LogP contribution in [0.2, 0.25) is 0 Å². The van der Waals surface area contributed by atoms with Gasteiger partial charge < -0.3 is 14.2 Å². The third-order valence-electron chi connectivity index (χ3n) is 5.43. The van der Waals surface area contributed by atoms with Gasteiger partial charge in [0, 0.05) is 45.3 Å².